The first kappa shape index (κ1) is 21.6. The number of aliphatic hydroxyl groups is 1. The third-order valence-corrected chi connectivity index (χ3v) is 6.95. The Morgan fingerprint density at radius 2 is 2.00 bits per heavy atom. The summed E-state index contributed by atoms with van der Waals surface area (Å²) >= 11 is 0. The number of ether oxygens (including phenoxy) is 2. The van der Waals surface area contributed by atoms with Gasteiger partial charge in [0.25, 0.3) is 0 Å². The largest absolute Gasteiger partial charge is 0.365 e. The van der Waals surface area contributed by atoms with E-state index < -0.39 is 5.79 Å². The third kappa shape index (κ3) is 4.07. The van der Waals surface area contributed by atoms with Gasteiger partial charge >= 0.3 is 0 Å². The van der Waals surface area contributed by atoms with Crippen molar-refractivity contribution in [1.29, 1.82) is 0 Å². The van der Waals surface area contributed by atoms with Crippen molar-refractivity contribution >= 4 is 5.78 Å². The lowest BCUT2D eigenvalue weighted by Gasteiger charge is -2.41. The SMILES string of the molecule is C/C=C\[C@H](C)[C@H]1O[C@]1(C)[C@@H](C)[C@@H](CC)C(=O)[C@H]1COC(O)(CC)C[C@@H]1C. The summed E-state index contributed by atoms with van der Waals surface area (Å²) in [7, 11) is 0. The van der Waals surface area contributed by atoms with Crippen LogP contribution in [0.15, 0.2) is 12.2 Å². The molecule has 1 N–H and O–H groups in total. The summed E-state index contributed by atoms with van der Waals surface area (Å²) in [5.74, 6) is -0.307. The molecule has 0 aliphatic carbocycles. The molecule has 0 aromatic rings. The van der Waals surface area contributed by atoms with E-state index in [0.717, 1.165) is 6.42 Å². The Kier molecular flexibility index (Phi) is 6.74. The van der Waals surface area contributed by atoms with Gasteiger partial charge in [-0.3, -0.25) is 4.79 Å². The topological polar surface area (TPSA) is 59.1 Å². The molecule has 26 heavy (non-hydrogen) atoms. The second-order valence-electron chi connectivity index (χ2n) is 8.71. The van der Waals surface area contributed by atoms with Crippen LogP contribution in [-0.4, -0.2) is 35.0 Å². The van der Waals surface area contributed by atoms with Gasteiger partial charge in [0.15, 0.2) is 5.79 Å². The summed E-state index contributed by atoms with van der Waals surface area (Å²) in [6.45, 7) is 14.9. The highest BCUT2D eigenvalue weighted by atomic mass is 16.6. The molecule has 0 bridgehead atoms. The van der Waals surface area contributed by atoms with Crippen molar-refractivity contribution < 1.29 is 19.4 Å². The van der Waals surface area contributed by atoms with Crippen LogP contribution in [0.1, 0.15) is 67.7 Å². The standard InChI is InChI=1S/C22H38O4/c1-8-11-14(4)20-21(7,26-20)16(6)17(9-2)19(23)18-13-25-22(24,10-3)12-15(18)5/h8,11,14-18,20,24H,9-10,12-13H2,1-7H3/b11-8-/t14-,15-,16-,17+,18-,20+,21+,22?/m0/s1. The first-order valence-electron chi connectivity index (χ1n) is 10.3. The molecule has 2 heterocycles. The summed E-state index contributed by atoms with van der Waals surface area (Å²) in [6.07, 6.45) is 6.32. The van der Waals surface area contributed by atoms with Gasteiger partial charge in [-0.15, -0.1) is 0 Å². The molecule has 0 amide bonds. The molecule has 0 saturated carbocycles. The predicted molar refractivity (Wildman–Crippen MR) is 104 cm³/mol. The van der Waals surface area contributed by atoms with Gasteiger partial charge in [0.2, 0.25) is 0 Å². The maximum absolute atomic E-state index is 13.3. The fourth-order valence-corrected chi connectivity index (χ4v) is 4.84. The number of carbonyl (C=O) groups excluding carboxylic acids is 1. The third-order valence-electron chi connectivity index (χ3n) is 6.95. The average molecular weight is 367 g/mol. The Balaban J connectivity index is 2.07. The van der Waals surface area contributed by atoms with Crippen molar-refractivity contribution in [3.8, 4) is 0 Å². The molecule has 2 rings (SSSR count). The average Bonchev–Trinajstić information content (AvgIpc) is 3.29. The van der Waals surface area contributed by atoms with Crippen LogP contribution >= 0.6 is 0 Å². The number of rotatable bonds is 8. The molecule has 8 atom stereocenters. The first-order chi connectivity index (χ1) is 12.1. The van der Waals surface area contributed by atoms with E-state index in [-0.39, 0.29) is 41.2 Å². The van der Waals surface area contributed by atoms with Crippen molar-refractivity contribution in [1.82, 2.24) is 0 Å². The van der Waals surface area contributed by atoms with Gasteiger partial charge in [-0.05, 0) is 38.5 Å². The Morgan fingerprint density at radius 3 is 2.50 bits per heavy atom. The molecule has 0 radical (unpaired) electrons. The number of epoxide rings is 1. The highest BCUT2D eigenvalue weighted by molar-refractivity contribution is 5.84. The number of carbonyl (C=O) groups is 1. The fourth-order valence-electron chi connectivity index (χ4n) is 4.84. The minimum Gasteiger partial charge on any atom is -0.365 e. The number of ketones is 1. The molecule has 4 nitrogen and oxygen atoms in total. The number of hydrogen-bond acceptors (Lipinski definition) is 4. The summed E-state index contributed by atoms with van der Waals surface area (Å²) in [6, 6.07) is 0. The highest BCUT2D eigenvalue weighted by Gasteiger charge is 2.60. The van der Waals surface area contributed by atoms with Crippen LogP contribution in [0.4, 0.5) is 0 Å². The fraction of sp³-hybridized carbons (Fsp3) is 0.864. The van der Waals surface area contributed by atoms with Gasteiger partial charge in [0.05, 0.1) is 18.3 Å². The Hall–Kier alpha value is -0.710. The van der Waals surface area contributed by atoms with E-state index in [4.69, 9.17) is 9.47 Å². The van der Waals surface area contributed by atoms with Crippen LogP contribution in [0.5, 0.6) is 0 Å². The molecule has 4 heteroatoms. The Labute approximate surface area is 159 Å². The quantitative estimate of drug-likeness (QED) is 0.512. The van der Waals surface area contributed by atoms with Crippen molar-refractivity contribution in [2.75, 3.05) is 6.61 Å². The molecule has 0 aromatic carbocycles. The molecular weight excluding hydrogens is 328 g/mol. The Morgan fingerprint density at radius 1 is 1.35 bits per heavy atom. The number of Topliss-reactive ketones (excluding diaryl/α,β-unsaturated/α-hetero) is 1. The zero-order valence-corrected chi connectivity index (χ0v) is 17.6. The van der Waals surface area contributed by atoms with Crippen molar-refractivity contribution in [2.24, 2.45) is 29.6 Å². The van der Waals surface area contributed by atoms with Crippen LogP contribution in [0.2, 0.25) is 0 Å². The zero-order chi connectivity index (χ0) is 19.7. The van der Waals surface area contributed by atoms with Crippen LogP contribution in [-0.2, 0) is 14.3 Å². The molecule has 150 valence electrons. The lowest BCUT2D eigenvalue weighted by atomic mass is 9.71. The van der Waals surface area contributed by atoms with Gasteiger partial charge in [-0.25, -0.2) is 0 Å². The minimum absolute atomic E-state index is 0.0355. The highest BCUT2D eigenvalue weighted by Crippen LogP contribution is 2.51. The molecule has 0 spiro atoms. The number of allylic oxidation sites excluding steroid dienone is 1. The van der Waals surface area contributed by atoms with Crippen LogP contribution in [0.25, 0.3) is 0 Å². The van der Waals surface area contributed by atoms with Gasteiger partial charge in [-0.2, -0.15) is 0 Å². The van der Waals surface area contributed by atoms with Crippen LogP contribution < -0.4 is 0 Å². The molecule has 1 unspecified atom stereocenters. The van der Waals surface area contributed by atoms with Gasteiger partial charge in [-0.1, -0.05) is 46.8 Å². The molecule has 2 fully saturated rings. The Bertz CT molecular complexity index is 530. The van der Waals surface area contributed by atoms with Crippen molar-refractivity contribution in [3.63, 3.8) is 0 Å². The smallest absolute Gasteiger partial charge is 0.165 e. The summed E-state index contributed by atoms with van der Waals surface area (Å²) in [5, 5.41) is 10.4. The van der Waals surface area contributed by atoms with Crippen LogP contribution in [0.3, 0.4) is 0 Å². The van der Waals surface area contributed by atoms with E-state index in [1.807, 2.05) is 13.8 Å². The lowest BCUT2D eigenvalue weighted by molar-refractivity contribution is -0.247. The van der Waals surface area contributed by atoms with E-state index in [2.05, 4.69) is 46.8 Å². The van der Waals surface area contributed by atoms with E-state index in [1.54, 1.807) is 0 Å². The van der Waals surface area contributed by atoms with E-state index in [1.165, 1.54) is 0 Å². The van der Waals surface area contributed by atoms with Gasteiger partial charge < -0.3 is 14.6 Å². The summed E-state index contributed by atoms with van der Waals surface area (Å²) in [5.41, 5.74) is -0.238. The molecule has 0 aromatic heterocycles. The molecule has 2 aliphatic heterocycles. The van der Waals surface area contributed by atoms with Gasteiger partial charge in [0, 0.05) is 24.2 Å². The maximum Gasteiger partial charge on any atom is 0.165 e. The normalized spacial score (nSPS) is 41.0. The molecule has 2 saturated heterocycles. The maximum atomic E-state index is 13.3. The number of hydrogen-bond donors (Lipinski definition) is 1. The van der Waals surface area contributed by atoms with E-state index in [9.17, 15) is 9.90 Å². The van der Waals surface area contributed by atoms with Gasteiger partial charge in [0.1, 0.15) is 5.78 Å². The first-order valence-corrected chi connectivity index (χ1v) is 10.3. The monoisotopic (exact) mass is 366 g/mol. The second kappa shape index (κ2) is 8.12. The van der Waals surface area contributed by atoms with Crippen LogP contribution in [0, 0.1) is 29.6 Å². The molecule has 2 aliphatic rings. The van der Waals surface area contributed by atoms with Crippen molar-refractivity contribution in [2.45, 2.75) is 85.2 Å². The molecular formula is C22H38O4. The van der Waals surface area contributed by atoms with E-state index in [0.29, 0.717) is 25.4 Å². The minimum atomic E-state index is -1.07. The van der Waals surface area contributed by atoms with Crippen molar-refractivity contribution in [3.05, 3.63) is 12.2 Å². The lowest BCUT2D eigenvalue weighted by Crippen LogP contribution is -2.48. The predicted octanol–water partition coefficient (Wildman–Crippen LogP) is 4.36. The zero-order valence-electron chi connectivity index (χ0n) is 17.6. The summed E-state index contributed by atoms with van der Waals surface area (Å²) in [4.78, 5) is 13.3. The van der Waals surface area contributed by atoms with E-state index >= 15 is 0 Å². The second-order valence-corrected chi connectivity index (χ2v) is 8.71. The summed E-state index contributed by atoms with van der Waals surface area (Å²) < 4.78 is 11.8.